The summed E-state index contributed by atoms with van der Waals surface area (Å²) in [5.41, 5.74) is 6.07. The molecule has 2 aliphatic rings. The monoisotopic (exact) mass is 554 g/mol. The molecule has 0 aromatic heterocycles. The first kappa shape index (κ1) is 25.4. The van der Waals surface area contributed by atoms with Crippen LogP contribution in [-0.2, 0) is 9.47 Å². The van der Waals surface area contributed by atoms with E-state index in [2.05, 4.69) is 0 Å². The Morgan fingerprint density at radius 3 is 1.33 bits per heavy atom. The molecule has 0 aliphatic carbocycles. The van der Waals surface area contributed by atoms with Crippen LogP contribution in [0.5, 0.6) is 5.75 Å². The lowest BCUT2D eigenvalue weighted by Gasteiger charge is -2.33. The second-order valence-corrected chi connectivity index (χ2v) is 9.98. The molecule has 0 saturated heterocycles. The fraction of sp³-hybridized carbons (Fsp3) is 0.0857. The Bertz CT molecular complexity index is 1770. The first-order valence-electron chi connectivity index (χ1n) is 13.6. The Kier molecular flexibility index (Phi) is 6.32. The normalized spacial score (nSPS) is 16.7. The van der Waals surface area contributed by atoms with Crippen molar-refractivity contribution >= 4 is 34.7 Å². The first-order chi connectivity index (χ1) is 20.6. The van der Waals surface area contributed by atoms with Crippen LogP contribution in [0.25, 0.3) is 0 Å². The Morgan fingerprint density at radius 2 is 0.881 bits per heavy atom. The number of cyclic esters (lactones) is 2. The zero-order chi connectivity index (χ0) is 28.6. The molecule has 0 N–H and O–H groups in total. The molecule has 0 saturated carbocycles. The lowest BCUT2D eigenvalue weighted by molar-refractivity contribution is 0.0388. The van der Waals surface area contributed by atoms with E-state index in [4.69, 9.17) is 14.2 Å². The van der Waals surface area contributed by atoms with Crippen LogP contribution in [0.15, 0.2) is 127 Å². The minimum Gasteiger partial charge on any atom is -0.497 e. The Morgan fingerprint density at radius 1 is 0.500 bits per heavy atom. The van der Waals surface area contributed by atoms with Crippen LogP contribution in [0.3, 0.4) is 0 Å². The number of carbonyl (C=O) groups is 2. The predicted molar refractivity (Wildman–Crippen MR) is 159 cm³/mol. The van der Waals surface area contributed by atoms with Gasteiger partial charge in [-0.3, -0.25) is 0 Å². The number of rotatable bonds is 7. The zero-order valence-electron chi connectivity index (χ0n) is 22.7. The summed E-state index contributed by atoms with van der Waals surface area (Å²) < 4.78 is 17.2. The highest BCUT2D eigenvalue weighted by molar-refractivity contribution is 5.95. The molecular formula is C35H26N2O5. The fourth-order valence-corrected chi connectivity index (χ4v) is 5.58. The summed E-state index contributed by atoms with van der Waals surface area (Å²) in [5, 5.41) is 0. The van der Waals surface area contributed by atoms with E-state index in [1.807, 2.05) is 125 Å². The van der Waals surface area contributed by atoms with Crippen molar-refractivity contribution in [2.75, 3.05) is 16.9 Å². The van der Waals surface area contributed by atoms with Gasteiger partial charge in [-0.2, -0.15) is 0 Å². The molecule has 2 atom stereocenters. The zero-order valence-corrected chi connectivity index (χ0v) is 22.7. The molecular weight excluding hydrogens is 528 g/mol. The third kappa shape index (κ3) is 4.32. The molecule has 0 amide bonds. The van der Waals surface area contributed by atoms with Crippen molar-refractivity contribution in [1.82, 2.24) is 0 Å². The molecule has 0 radical (unpaired) electrons. The maximum atomic E-state index is 12.8. The number of carbonyl (C=O) groups excluding carboxylic acids is 2. The highest BCUT2D eigenvalue weighted by atomic mass is 16.6. The molecule has 7 rings (SSSR count). The van der Waals surface area contributed by atoms with Crippen LogP contribution < -0.4 is 14.5 Å². The topological polar surface area (TPSA) is 68.3 Å². The maximum absolute atomic E-state index is 12.8. The second-order valence-electron chi connectivity index (χ2n) is 9.98. The summed E-state index contributed by atoms with van der Waals surface area (Å²) in [6.45, 7) is 0. The van der Waals surface area contributed by atoms with Crippen molar-refractivity contribution < 1.29 is 23.8 Å². The molecule has 5 aromatic rings. The molecule has 2 heterocycles. The largest absolute Gasteiger partial charge is 0.497 e. The fourth-order valence-electron chi connectivity index (χ4n) is 5.58. The highest BCUT2D eigenvalue weighted by Crippen LogP contribution is 2.44. The standard InChI is InChI=1S/C35H26N2O5/c1-40-27-21-19-26(20-22-27)37(33-29-12-6-8-14-31(29)35(39)42-33)25-17-15-24(16-18-25)36(23-9-3-2-4-10-23)32-28-11-5-7-13-30(28)34(38)41-32/h2-22,32-33H,1H3. The number of esters is 2. The summed E-state index contributed by atoms with van der Waals surface area (Å²) in [4.78, 5) is 29.6. The highest BCUT2D eigenvalue weighted by Gasteiger charge is 2.38. The number of methoxy groups -OCH3 is 1. The summed E-state index contributed by atoms with van der Waals surface area (Å²) >= 11 is 0. The number of nitrogens with zero attached hydrogens (tertiary/aromatic N) is 2. The van der Waals surface area contributed by atoms with Gasteiger partial charge in [-0.15, -0.1) is 0 Å². The lowest BCUT2D eigenvalue weighted by Crippen LogP contribution is -2.25. The van der Waals surface area contributed by atoms with E-state index in [9.17, 15) is 9.59 Å². The first-order valence-corrected chi connectivity index (χ1v) is 13.6. The van der Waals surface area contributed by atoms with Gasteiger partial charge in [0, 0.05) is 33.9 Å². The van der Waals surface area contributed by atoms with E-state index >= 15 is 0 Å². The van der Waals surface area contributed by atoms with Crippen molar-refractivity contribution in [3.8, 4) is 5.75 Å². The molecule has 206 valence electrons. The van der Waals surface area contributed by atoms with Gasteiger partial charge in [0.15, 0.2) is 0 Å². The van der Waals surface area contributed by atoms with Crippen molar-refractivity contribution in [1.29, 1.82) is 0 Å². The molecule has 0 fully saturated rings. The number of fused-ring (bicyclic) bond motifs is 2. The minimum atomic E-state index is -0.652. The Balaban J connectivity index is 1.31. The third-order valence-electron chi connectivity index (χ3n) is 7.59. The van der Waals surface area contributed by atoms with Crippen molar-refractivity contribution in [2.45, 2.75) is 12.5 Å². The van der Waals surface area contributed by atoms with Crippen LogP contribution in [-0.4, -0.2) is 19.0 Å². The average molecular weight is 555 g/mol. The van der Waals surface area contributed by atoms with Gasteiger partial charge in [-0.25, -0.2) is 9.59 Å². The van der Waals surface area contributed by atoms with Gasteiger partial charge >= 0.3 is 11.9 Å². The van der Waals surface area contributed by atoms with Crippen molar-refractivity contribution in [3.05, 3.63) is 150 Å². The number of ether oxygens (including phenoxy) is 3. The average Bonchev–Trinajstić information content (AvgIpc) is 3.55. The SMILES string of the molecule is COc1ccc(N(c2ccc(N(c3ccccc3)C3OC(=O)c4ccccc43)cc2)C2OC(=O)c3ccccc32)cc1. The van der Waals surface area contributed by atoms with Gasteiger partial charge < -0.3 is 24.0 Å². The van der Waals surface area contributed by atoms with Crippen molar-refractivity contribution in [3.63, 3.8) is 0 Å². The molecule has 7 heteroatoms. The summed E-state index contributed by atoms with van der Waals surface area (Å²) in [6, 6.07) is 40.3. The predicted octanol–water partition coefficient (Wildman–Crippen LogP) is 7.71. The molecule has 2 aliphatic heterocycles. The van der Waals surface area contributed by atoms with Crippen LogP contribution in [0, 0.1) is 0 Å². The van der Waals surface area contributed by atoms with Crippen LogP contribution in [0.2, 0.25) is 0 Å². The van der Waals surface area contributed by atoms with Crippen LogP contribution >= 0.6 is 0 Å². The van der Waals surface area contributed by atoms with Crippen LogP contribution in [0.4, 0.5) is 22.7 Å². The number of hydrogen-bond acceptors (Lipinski definition) is 7. The molecule has 7 nitrogen and oxygen atoms in total. The van der Waals surface area contributed by atoms with E-state index in [1.54, 1.807) is 19.2 Å². The van der Waals surface area contributed by atoms with Gasteiger partial charge in [0.2, 0.25) is 12.5 Å². The Labute approximate surface area is 243 Å². The van der Waals surface area contributed by atoms with Gasteiger partial charge in [-0.05, 0) is 72.8 Å². The quantitative estimate of drug-likeness (QED) is 0.191. The summed E-state index contributed by atoms with van der Waals surface area (Å²) in [6.07, 6.45) is -1.27. The summed E-state index contributed by atoms with van der Waals surface area (Å²) in [7, 11) is 1.62. The van der Waals surface area contributed by atoms with Gasteiger partial charge in [-0.1, -0.05) is 54.6 Å². The lowest BCUT2D eigenvalue weighted by atomic mass is 10.1. The van der Waals surface area contributed by atoms with Crippen LogP contribution in [0.1, 0.15) is 44.3 Å². The van der Waals surface area contributed by atoms with Gasteiger partial charge in [0.25, 0.3) is 0 Å². The molecule has 0 spiro atoms. The van der Waals surface area contributed by atoms with Gasteiger partial charge in [0.1, 0.15) is 5.75 Å². The molecule has 0 bridgehead atoms. The van der Waals surface area contributed by atoms with E-state index in [1.165, 1.54) is 0 Å². The molecule has 2 unspecified atom stereocenters. The number of para-hydroxylation sites is 1. The maximum Gasteiger partial charge on any atom is 0.340 e. The summed E-state index contributed by atoms with van der Waals surface area (Å²) in [5.74, 6) is 0.0194. The molecule has 42 heavy (non-hydrogen) atoms. The smallest absolute Gasteiger partial charge is 0.340 e. The number of benzene rings is 5. The second kappa shape index (κ2) is 10.4. The third-order valence-corrected chi connectivity index (χ3v) is 7.59. The number of anilines is 4. The van der Waals surface area contributed by atoms with E-state index < -0.39 is 12.5 Å². The number of hydrogen-bond donors (Lipinski definition) is 0. The van der Waals surface area contributed by atoms with Gasteiger partial charge in [0.05, 0.1) is 18.2 Å². The van der Waals surface area contributed by atoms with E-state index in [0.29, 0.717) is 11.1 Å². The van der Waals surface area contributed by atoms with E-state index in [-0.39, 0.29) is 11.9 Å². The Hall–Kier alpha value is -5.56. The molecule has 5 aromatic carbocycles. The van der Waals surface area contributed by atoms with E-state index in [0.717, 1.165) is 39.6 Å². The minimum absolute atomic E-state index is 0.347. The van der Waals surface area contributed by atoms with Crippen molar-refractivity contribution in [2.24, 2.45) is 0 Å².